The van der Waals surface area contributed by atoms with Crippen molar-refractivity contribution in [3.8, 4) is 0 Å². The number of aromatic nitrogens is 1. The number of rotatable bonds is 9. The number of oxazole rings is 1. The Kier molecular flexibility index (Phi) is 6.83. The highest BCUT2D eigenvalue weighted by Gasteiger charge is 2.23. The Morgan fingerprint density at radius 1 is 1.27 bits per heavy atom. The quantitative estimate of drug-likeness (QED) is 0.359. The number of carbonyl (C=O) groups excluding carboxylic acids is 1. The summed E-state index contributed by atoms with van der Waals surface area (Å²) in [6.07, 6.45) is 2.32. The van der Waals surface area contributed by atoms with Gasteiger partial charge in [0.05, 0.1) is 22.6 Å². The smallest absolute Gasteiger partial charge is 0.407 e. The molecule has 1 aromatic heterocycles. The van der Waals surface area contributed by atoms with Crippen LogP contribution in [0.2, 0.25) is 0 Å². The molecule has 0 spiro atoms. The average molecular weight is 457 g/mol. The van der Waals surface area contributed by atoms with Crippen molar-refractivity contribution in [2.24, 2.45) is 0 Å². The summed E-state index contributed by atoms with van der Waals surface area (Å²) in [7, 11) is 0. The molecule has 1 aliphatic rings. The van der Waals surface area contributed by atoms with Crippen molar-refractivity contribution < 1.29 is 23.3 Å². The normalized spacial score (nSPS) is 15.7. The number of non-ortho nitro benzene ring substituents is 1. The molecule has 2 heterocycles. The third kappa shape index (κ3) is 5.46. The van der Waals surface area contributed by atoms with Crippen LogP contribution in [0.1, 0.15) is 31.2 Å². The largest absolute Gasteiger partial charge is 0.419 e. The molecule has 1 amide bonds. The fraction of sp³-hybridized carbons (Fsp3) is 0.391. The Bertz CT molecular complexity index is 1210. The molecule has 174 valence electrons. The van der Waals surface area contributed by atoms with Gasteiger partial charge in [-0.3, -0.25) is 19.5 Å². The fourth-order valence-electron chi connectivity index (χ4n) is 4.07. The Labute approximate surface area is 188 Å². The Morgan fingerprint density at radius 2 is 2.12 bits per heavy atom. The summed E-state index contributed by atoms with van der Waals surface area (Å²) in [6, 6.07) is 10.1. The van der Waals surface area contributed by atoms with Crippen LogP contribution in [-0.4, -0.2) is 39.6 Å². The average Bonchev–Trinajstić information content (AvgIpc) is 3.40. The number of ether oxygens (including phenoxy) is 1. The lowest BCUT2D eigenvalue weighted by atomic mass is 10.1. The molecule has 0 N–H and O–H groups in total. The van der Waals surface area contributed by atoms with Crippen LogP contribution in [0.15, 0.2) is 51.7 Å². The lowest BCUT2D eigenvalue weighted by Crippen LogP contribution is -2.37. The highest BCUT2D eigenvalue weighted by atomic mass is 19.1. The summed E-state index contributed by atoms with van der Waals surface area (Å²) in [4.78, 5) is 37.3. The van der Waals surface area contributed by atoms with Crippen molar-refractivity contribution in [2.45, 2.75) is 44.9 Å². The van der Waals surface area contributed by atoms with Crippen LogP contribution in [0.4, 0.5) is 10.1 Å². The van der Waals surface area contributed by atoms with E-state index in [1.54, 1.807) is 17.0 Å². The zero-order chi connectivity index (χ0) is 23.4. The van der Waals surface area contributed by atoms with Crippen LogP contribution in [0, 0.1) is 15.9 Å². The van der Waals surface area contributed by atoms with E-state index in [1.807, 2.05) is 0 Å². The van der Waals surface area contributed by atoms with E-state index in [1.165, 1.54) is 34.9 Å². The number of nitro benzene ring substituents is 1. The molecule has 1 atom stereocenters. The Hall–Kier alpha value is -3.53. The lowest BCUT2D eigenvalue weighted by molar-refractivity contribution is -0.384. The highest BCUT2D eigenvalue weighted by molar-refractivity contribution is 5.77. The van der Waals surface area contributed by atoms with Gasteiger partial charge in [0.2, 0.25) is 5.91 Å². The van der Waals surface area contributed by atoms with Gasteiger partial charge in [-0.15, -0.1) is 0 Å². The van der Waals surface area contributed by atoms with Crippen molar-refractivity contribution in [3.63, 3.8) is 0 Å². The summed E-state index contributed by atoms with van der Waals surface area (Å²) in [6.45, 7) is 1.59. The monoisotopic (exact) mass is 457 g/mol. The van der Waals surface area contributed by atoms with Gasteiger partial charge in [0, 0.05) is 38.7 Å². The predicted octanol–water partition coefficient (Wildman–Crippen LogP) is 3.63. The third-order valence-corrected chi connectivity index (χ3v) is 5.70. The maximum absolute atomic E-state index is 13.6. The van der Waals surface area contributed by atoms with Gasteiger partial charge in [-0.2, -0.15) is 0 Å². The molecule has 1 saturated heterocycles. The van der Waals surface area contributed by atoms with Crippen LogP contribution in [0.5, 0.6) is 0 Å². The number of hydrogen-bond donors (Lipinski definition) is 0. The van der Waals surface area contributed by atoms with Crippen LogP contribution in [-0.2, 0) is 22.6 Å². The molecule has 2 aromatic carbocycles. The minimum Gasteiger partial charge on any atom is -0.407 e. The molecule has 0 bridgehead atoms. The highest BCUT2D eigenvalue weighted by Crippen LogP contribution is 2.21. The number of aryl methyl sites for hydroxylation is 1. The van der Waals surface area contributed by atoms with E-state index in [2.05, 4.69) is 0 Å². The maximum atomic E-state index is 13.6. The number of hydrogen-bond acceptors (Lipinski definition) is 6. The molecule has 1 unspecified atom stereocenters. The molecule has 0 aliphatic carbocycles. The number of nitro groups is 1. The van der Waals surface area contributed by atoms with Crippen LogP contribution in [0.3, 0.4) is 0 Å². The van der Waals surface area contributed by atoms with Gasteiger partial charge in [0.25, 0.3) is 5.69 Å². The maximum Gasteiger partial charge on any atom is 0.419 e. The molecule has 0 radical (unpaired) electrons. The third-order valence-electron chi connectivity index (χ3n) is 5.70. The number of amides is 1. The van der Waals surface area contributed by atoms with Gasteiger partial charge in [-0.1, -0.05) is 12.1 Å². The minimum atomic E-state index is -0.631. The summed E-state index contributed by atoms with van der Waals surface area (Å²) in [5, 5.41) is 10.9. The summed E-state index contributed by atoms with van der Waals surface area (Å²) >= 11 is 0. The van der Waals surface area contributed by atoms with Gasteiger partial charge in [0.15, 0.2) is 5.58 Å². The summed E-state index contributed by atoms with van der Waals surface area (Å²) in [5.74, 6) is -1.11. The Balaban J connectivity index is 1.43. The first-order valence-electron chi connectivity index (χ1n) is 10.8. The summed E-state index contributed by atoms with van der Waals surface area (Å²) in [5.41, 5.74) is 1.10. The van der Waals surface area contributed by atoms with Crippen molar-refractivity contribution in [2.75, 3.05) is 13.2 Å². The molecule has 9 nitrogen and oxygen atoms in total. The van der Waals surface area contributed by atoms with Gasteiger partial charge in [0.1, 0.15) is 5.82 Å². The van der Waals surface area contributed by atoms with Crippen LogP contribution < -0.4 is 5.76 Å². The predicted molar refractivity (Wildman–Crippen MR) is 117 cm³/mol. The standard InChI is InChI=1S/C23H24FN3O6/c24-17-5-1-4-16(12-17)14-25(15-19-6-3-11-32-19)22(28)7-2-10-26-20-9-8-18(27(30)31)13-21(20)33-23(26)29/h1,4-5,8-9,12-13,19H,2-3,6-7,10-11,14-15H2. The number of fused-ring (bicyclic) bond motifs is 1. The zero-order valence-corrected chi connectivity index (χ0v) is 17.9. The first-order valence-corrected chi connectivity index (χ1v) is 10.8. The summed E-state index contributed by atoms with van der Waals surface area (Å²) < 4.78 is 25.8. The second-order valence-electron chi connectivity index (χ2n) is 8.07. The van der Waals surface area contributed by atoms with Crippen molar-refractivity contribution >= 4 is 22.7 Å². The zero-order valence-electron chi connectivity index (χ0n) is 17.9. The van der Waals surface area contributed by atoms with E-state index in [9.17, 15) is 24.1 Å². The lowest BCUT2D eigenvalue weighted by Gasteiger charge is -2.26. The molecule has 33 heavy (non-hydrogen) atoms. The fourth-order valence-corrected chi connectivity index (χ4v) is 4.07. The van der Waals surface area contributed by atoms with E-state index in [0.717, 1.165) is 12.8 Å². The first-order chi connectivity index (χ1) is 15.9. The molecule has 0 saturated carbocycles. The van der Waals surface area contributed by atoms with Crippen molar-refractivity contribution in [3.05, 3.63) is 74.5 Å². The Morgan fingerprint density at radius 3 is 2.85 bits per heavy atom. The van der Waals surface area contributed by atoms with E-state index in [-0.39, 0.29) is 48.6 Å². The van der Waals surface area contributed by atoms with Gasteiger partial charge >= 0.3 is 5.76 Å². The molecular weight excluding hydrogens is 433 g/mol. The van der Waals surface area contributed by atoms with Crippen molar-refractivity contribution in [1.82, 2.24) is 9.47 Å². The van der Waals surface area contributed by atoms with Crippen molar-refractivity contribution in [1.29, 1.82) is 0 Å². The number of carbonyl (C=O) groups is 1. The van der Waals surface area contributed by atoms with E-state index < -0.39 is 10.7 Å². The molecular formula is C23H24FN3O6. The second kappa shape index (κ2) is 9.95. The topological polar surface area (TPSA) is 108 Å². The van der Waals surface area contributed by atoms with Gasteiger partial charge < -0.3 is 14.1 Å². The second-order valence-corrected chi connectivity index (χ2v) is 8.07. The molecule has 3 aromatic rings. The van der Waals surface area contributed by atoms with Crippen LogP contribution in [0.25, 0.3) is 11.1 Å². The van der Waals surface area contributed by atoms with E-state index in [4.69, 9.17) is 9.15 Å². The number of nitrogens with zero attached hydrogens (tertiary/aromatic N) is 3. The molecule has 4 rings (SSSR count). The first kappa shape index (κ1) is 22.7. The molecule has 1 fully saturated rings. The van der Waals surface area contributed by atoms with Gasteiger partial charge in [-0.25, -0.2) is 9.18 Å². The van der Waals surface area contributed by atoms with Gasteiger partial charge in [-0.05, 0) is 43.0 Å². The van der Waals surface area contributed by atoms with E-state index >= 15 is 0 Å². The molecule has 10 heteroatoms. The van der Waals surface area contributed by atoms with Crippen LogP contribution >= 0.6 is 0 Å². The number of benzene rings is 2. The SMILES string of the molecule is O=C(CCCn1c(=O)oc2cc([N+](=O)[O-])ccc21)N(Cc1cccc(F)c1)CC1CCCO1. The molecule has 1 aliphatic heterocycles. The number of halogens is 1. The minimum absolute atomic E-state index is 0.0428. The van der Waals surface area contributed by atoms with E-state index in [0.29, 0.717) is 30.7 Å².